The molecule has 0 aromatic carbocycles. The van der Waals surface area contributed by atoms with Gasteiger partial charge in [0, 0.05) is 24.2 Å². The van der Waals surface area contributed by atoms with Gasteiger partial charge in [-0.2, -0.15) is 0 Å². The van der Waals surface area contributed by atoms with E-state index in [0.717, 1.165) is 52.2 Å². The van der Waals surface area contributed by atoms with E-state index < -0.39 is 5.97 Å². The number of pyridine rings is 2. The molecule has 1 saturated heterocycles. The number of nitrogens with zero attached hydrogens (tertiary/aromatic N) is 3. The molecule has 2 N–H and O–H groups in total. The van der Waals surface area contributed by atoms with Gasteiger partial charge in [0.05, 0.1) is 16.6 Å². The average molecular weight is 411 g/mol. The van der Waals surface area contributed by atoms with Crippen LogP contribution in [0.4, 0.5) is 11.6 Å². The van der Waals surface area contributed by atoms with Crippen LogP contribution in [0, 0.1) is 12.8 Å². The number of likely N-dealkylation sites (tertiary alicyclic amines) is 1. The first-order valence-electron chi connectivity index (χ1n) is 9.64. The van der Waals surface area contributed by atoms with Crippen molar-refractivity contribution in [3.8, 4) is 0 Å². The van der Waals surface area contributed by atoms with Gasteiger partial charge in [-0.25, -0.2) is 9.97 Å². The summed E-state index contributed by atoms with van der Waals surface area (Å²) in [4.78, 5) is 23.4. The van der Waals surface area contributed by atoms with E-state index in [1.807, 2.05) is 50.3 Å². The molecule has 1 atom stereocenters. The first-order chi connectivity index (χ1) is 14.0. The van der Waals surface area contributed by atoms with Crippen molar-refractivity contribution in [1.29, 1.82) is 0 Å². The van der Waals surface area contributed by atoms with Gasteiger partial charge in [-0.3, -0.25) is 4.79 Å². The Morgan fingerprint density at radius 1 is 1.38 bits per heavy atom. The molecular formula is C22H26N4O2S. The SMILES string of the molecule is C=C(S/C(=C\C)c1cccc(Nc2cc(C)ccn2)n1)N1CCCC(C(=O)O)C1. The molecule has 2 aromatic heterocycles. The van der Waals surface area contributed by atoms with E-state index >= 15 is 0 Å². The molecular weight excluding hydrogens is 384 g/mol. The molecule has 29 heavy (non-hydrogen) atoms. The summed E-state index contributed by atoms with van der Waals surface area (Å²) in [5.74, 6) is 0.406. The number of anilines is 2. The van der Waals surface area contributed by atoms with E-state index in [2.05, 4.69) is 21.8 Å². The third-order valence-corrected chi connectivity index (χ3v) is 5.94. The van der Waals surface area contributed by atoms with Crippen molar-refractivity contribution in [2.45, 2.75) is 26.7 Å². The number of aromatic nitrogens is 2. The number of aliphatic carboxylic acids is 1. The van der Waals surface area contributed by atoms with Crippen LogP contribution in [0.15, 0.2) is 54.2 Å². The quantitative estimate of drug-likeness (QED) is 0.673. The van der Waals surface area contributed by atoms with E-state index in [1.54, 1.807) is 6.20 Å². The maximum absolute atomic E-state index is 11.3. The van der Waals surface area contributed by atoms with E-state index in [4.69, 9.17) is 4.98 Å². The Kier molecular flexibility index (Phi) is 6.93. The third kappa shape index (κ3) is 5.60. The van der Waals surface area contributed by atoms with Crippen molar-refractivity contribution in [2.75, 3.05) is 18.4 Å². The lowest BCUT2D eigenvalue weighted by molar-refractivity contribution is -0.143. The fourth-order valence-corrected chi connectivity index (χ4v) is 4.12. The van der Waals surface area contributed by atoms with Gasteiger partial charge >= 0.3 is 5.97 Å². The summed E-state index contributed by atoms with van der Waals surface area (Å²) >= 11 is 1.53. The van der Waals surface area contributed by atoms with Gasteiger partial charge in [0.25, 0.3) is 0 Å². The Morgan fingerprint density at radius 2 is 2.21 bits per heavy atom. The molecule has 1 aliphatic heterocycles. The number of carboxylic acid groups (broad SMARTS) is 1. The predicted octanol–water partition coefficient (Wildman–Crippen LogP) is 4.89. The molecule has 0 saturated carbocycles. The van der Waals surface area contributed by atoms with Gasteiger partial charge < -0.3 is 15.3 Å². The van der Waals surface area contributed by atoms with Gasteiger partial charge in [-0.15, -0.1) is 0 Å². The van der Waals surface area contributed by atoms with Gasteiger partial charge in [-0.1, -0.05) is 30.5 Å². The van der Waals surface area contributed by atoms with Crippen molar-refractivity contribution in [2.24, 2.45) is 5.92 Å². The number of nitrogens with one attached hydrogen (secondary N) is 1. The van der Waals surface area contributed by atoms with Crippen LogP contribution in [-0.2, 0) is 4.79 Å². The summed E-state index contributed by atoms with van der Waals surface area (Å²) in [6.07, 6.45) is 5.36. The molecule has 0 radical (unpaired) electrons. The molecule has 0 bridgehead atoms. The standard InChI is InChI=1S/C22H26N4O2S/c1-4-19(29-16(3)26-12-6-7-17(14-26)22(27)28)18-8-5-9-20(24-18)25-21-13-15(2)10-11-23-21/h4-5,8-11,13,17H,3,6-7,12,14H2,1-2H3,(H,27,28)(H,23,24,25)/b19-4-. The normalized spacial score (nSPS) is 17.1. The highest BCUT2D eigenvalue weighted by Crippen LogP contribution is 2.36. The predicted molar refractivity (Wildman–Crippen MR) is 119 cm³/mol. The maximum atomic E-state index is 11.3. The lowest BCUT2D eigenvalue weighted by atomic mass is 9.99. The Bertz CT molecular complexity index is 929. The molecule has 1 unspecified atom stereocenters. The number of allylic oxidation sites excluding steroid dienone is 1. The number of hydrogen-bond acceptors (Lipinski definition) is 6. The summed E-state index contributed by atoms with van der Waals surface area (Å²) < 4.78 is 0. The number of aryl methyl sites for hydroxylation is 1. The number of carbonyl (C=O) groups is 1. The van der Waals surface area contributed by atoms with Crippen LogP contribution < -0.4 is 5.32 Å². The molecule has 7 heteroatoms. The Balaban J connectivity index is 1.70. The van der Waals surface area contributed by atoms with Crippen molar-refractivity contribution in [3.63, 3.8) is 0 Å². The van der Waals surface area contributed by atoms with Crippen molar-refractivity contribution in [1.82, 2.24) is 14.9 Å². The zero-order chi connectivity index (χ0) is 20.8. The minimum Gasteiger partial charge on any atom is -0.481 e. The van der Waals surface area contributed by atoms with Crippen LogP contribution in [0.2, 0.25) is 0 Å². The number of rotatable bonds is 7. The number of thioether (sulfide) groups is 1. The van der Waals surface area contributed by atoms with Crippen LogP contribution in [0.3, 0.4) is 0 Å². The Labute approximate surface area is 175 Å². The fraction of sp³-hybridized carbons (Fsp3) is 0.318. The van der Waals surface area contributed by atoms with Crippen LogP contribution in [0.1, 0.15) is 31.0 Å². The second-order valence-corrected chi connectivity index (χ2v) is 8.14. The summed E-state index contributed by atoms with van der Waals surface area (Å²) in [5, 5.41) is 13.4. The van der Waals surface area contributed by atoms with Gasteiger partial charge in [-0.05, 0) is 56.5 Å². The molecule has 0 spiro atoms. The second-order valence-electron chi connectivity index (χ2n) is 7.02. The van der Waals surface area contributed by atoms with Crippen molar-refractivity contribution in [3.05, 3.63) is 65.5 Å². The highest BCUT2D eigenvalue weighted by molar-refractivity contribution is 8.11. The lowest BCUT2D eigenvalue weighted by Crippen LogP contribution is -2.37. The molecule has 2 aromatic rings. The van der Waals surface area contributed by atoms with Crippen LogP contribution >= 0.6 is 11.8 Å². The van der Waals surface area contributed by atoms with E-state index in [9.17, 15) is 9.90 Å². The smallest absolute Gasteiger partial charge is 0.308 e. The fourth-order valence-electron chi connectivity index (χ4n) is 3.23. The Morgan fingerprint density at radius 3 is 2.93 bits per heavy atom. The van der Waals surface area contributed by atoms with Crippen LogP contribution in [0.25, 0.3) is 4.91 Å². The highest BCUT2D eigenvalue weighted by atomic mass is 32.2. The first-order valence-corrected chi connectivity index (χ1v) is 10.5. The molecule has 1 fully saturated rings. The molecule has 3 heterocycles. The molecule has 0 amide bonds. The molecule has 3 rings (SSSR count). The van der Waals surface area contributed by atoms with Crippen LogP contribution in [-0.4, -0.2) is 39.0 Å². The largest absolute Gasteiger partial charge is 0.481 e. The first kappa shape index (κ1) is 20.9. The van der Waals surface area contributed by atoms with Gasteiger partial charge in [0.1, 0.15) is 11.6 Å². The minimum absolute atomic E-state index is 0.331. The minimum atomic E-state index is -0.732. The van der Waals surface area contributed by atoms with E-state index in [-0.39, 0.29) is 5.92 Å². The lowest BCUT2D eigenvalue weighted by Gasteiger charge is -2.33. The highest BCUT2D eigenvalue weighted by Gasteiger charge is 2.26. The Hall–Kier alpha value is -2.80. The zero-order valence-electron chi connectivity index (χ0n) is 16.8. The second kappa shape index (κ2) is 9.60. The third-order valence-electron chi connectivity index (χ3n) is 4.79. The monoisotopic (exact) mass is 410 g/mol. The number of hydrogen-bond donors (Lipinski definition) is 2. The number of piperidine rings is 1. The van der Waals surface area contributed by atoms with E-state index in [0.29, 0.717) is 6.54 Å². The summed E-state index contributed by atoms with van der Waals surface area (Å²) in [7, 11) is 0. The van der Waals surface area contributed by atoms with Crippen molar-refractivity contribution < 1.29 is 9.90 Å². The summed E-state index contributed by atoms with van der Waals surface area (Å²) in [6, 6.07) is 9.74. The summed E-state index contributed by atoms with van der Waals surface area (Å²) in [5.41, 5.74) is 1.96. The van der Waals surface area contributed by atoms with Gasteiger partial charge in [0.15, 0.2) is 0 Å². The van der Waals surface area contributed by atoms with Crippen LogP contribution in [0.5, 0.6) is 0 Å². The molecule has 0 aliphatic carbocycles. The summed E-state index contributed by atoms with van der Waals surface area (Å²) in [6.45, 7) is 9.52. The maximum Gasteiger partial charge on any atom is 0.308 e. The topological polar surface area (TPSA) is 78.4 Å². The zero-order valence-corrected chi connectivity index (χ0v) is 17.6. The van der Waals surface area contributed by atoms with Gasteiger partial charge in [0.2, 0.25) is 0 Å². The molecule has 152 valence electrons. The van der Waals surface area contributed by atoms with Crippen molar-refractivity contribution >= 4 is 34.3 Å². The average Bonchev–Trinajstić information content (AvgIpc) is 2.72. The number of carboxylic acids is 1. The van der Waals surface area contributed by atoms with E-state index in [1.165, 1.54) is 11.8 Å². The molecule has 1 aliphatic rings. The molecule has 6 nitrogen and oxygen atoms in total.